The maximum absolute atomic E-state index is 12.7. The van der Waals surface area contributed by atoms with Crippen molar-refractivity contribution in [1.82, 2.24) is 0 Å². The van der Waals surface area contributed by atoms with Crippen molar-refractivity contribution >= 4 is 17.9 Å². The molecule has 0 aromatic rings. The molecule has 0 aliphatic heterocycles. The van der Waals surface area contributed by atoms with Gasteiger partial charge in [-0.3, -0.25) is 14.4 Å². The first-order valence-electron chi connectivity index (χ1n) is 29.1. The maximum Gasteiger partial charge on any atom is 0.306 e. The Kier molecular flexibility index (Phi) is 53.8. The van der Waals surface area contributed by atoms with Crippen molar-refractivity contribution in [2.45, 2.75) is 309 Å². The zero-order valence-electron chi connectivity index (χ0n) is 44.7. The molecule has 67 heavy (non-hydrogen) atoms. The Hall–Kier alpha value is -2.63. The summed E-state index contributed by atoms with van der Waals surface area (Å²) in [5, 5.41) is 0. The zero-order chi connectivity index (χ0) is 48.6. The molecule has 1 atom stereocenters. The van der Waals surface area contributed by atoms with E-state index in [0.29, 0.717) is 19.3 Å². The van der Waals surface area contributed by atoms with Crippen molar-refractivity contribution in [3.8, 4) is 0 Å². The van der Waals surface area contributed by atoms with Crippen LogP contribution in [0.1, 0.15) is 303 Å². The Morgan fingerprint density at radius 2 is 0.582 bits per heavy atom. The molecule has 0 amide bonds. The van der Waals surface area contributed by atoms with E-state index < -0.39 is 6.10 Å². The number of ether oxygens (including phenoxy) is 3. The van der Waals surface area contributed by atoms with Gasteiger partial charge in [-0.2, -0.15) is 0 Å². The molecule has 6 nitrogen and oxygen atoms in total. The molecule has 0 saturated carbocycles. The van der Waals surface area contributed by atoms with E-state index in [9.17, 15) is 14.4 Å². The summed E-state index contributed by atoms with van der Waals surface area (Å²) in [5.74, 6) is -0.859. The molecule has 390 valence electrons. The summed E-state index contributed by atoms with van der Waals surface area (Å²) in [6.45, 7) is 6.51. The predicted molar refractivity (Wildman–Crippen MR) is 289 cm³/mol. The third-order valence-corrected chi connectivity index (χ3v) is 12.8. The van der Waals surface area contributed by atoms with Gasteiger partial charge in [-0.25, -0.2) is 0 Å². The fourth-order valence-corrected chi connectivity index (χ4v) is 8.49. The molecule has 6 heteroatoms. The van der Waals surface area contributed by atoms with Gasteiger partial charge in [-0.1, -0.05) is 275 Å². The number of esters is 3. The average molecular weight is 940 g/mol. The highest BCUT2D eigenvalue weighted by Crippen LogP contribution is 2.17. The highest BCUT2D eigenvalue weighted by molar-refractivity contribution is 5.71. The van der Waals surface area contributed by atoms with E-state index >= 15 is 0 Å². The van der Waals surface area contributed by atoms with E-state index in [-0.39, 0.29) is 31.1 Å². The van der Waals surface area contributed by atoms with Crippen molar-refractivity contribution in [2.24, 2.45) is 0 Å². The monoisotopic (exact) mass is 939 g/mol. The summed E-state index contributed by atoms with van der Waals surface area (Å²) >= 11 is 0. The molecule has 0 N–H and O–H groups in total. The van der Waals surface area contributed by atoms with Crippen LogP contribution in [0.4, 0.5) is 0 Å². The molecule has 0 heterocycles. The van der Waals surface area contributed by atoms with Crippen LogP contribution in [0.15, 0.2) is 48.6 Å². The molecular weight excluding hydrogens is 829 g/mol. The lowest BCUT2D eigenvalue weighted by atomic mass is 10.0. The van der Waals surface area contributed by atoms with E-state index in [1.807, 2.05) is 0 Å². The summed E-state index contributed by atoms with van der Waals surface area (Å²) < 4.78 is 16.8. The molecule has 0 radical (unpaired) electrons. The minimum Gasteiger partial charge on any atom is -0.462 e. The standard InChI is InChI=1S/C61H110O6/c1-4-7-10-13-16-19-21-22-23-24-25-26-27-28-29-30-31-32-33-34-35-36-37-38-39-40-41-43-45-48-51-54-60(63)66-57-58(56-65-59(62)53-50-47-44-18-15-12-9-6-3)67-61(64)55-52-49-46-42-20-17-14-11-8-5-2/h7,10,16,19,22-23,25-26,58H,4-6,8-9,11-15,17-18,20-21,24,27-57H2,1-3H3/b10-7-,19-16-,23-22-,26-25-. The molecule has 0 saturated heterocycles. The Labute approximate surface area is 416 Å². The van der Waals surface area contributed by atoms with Crippen molar-refractivity contribution in [1.29, 1.82) is 0 Å². The first-order chi connectivity index (χ1) is 33.0. The van der Waals surface area contributed by atoms with Crippen molar-refractivity contribution in [3.05, 3.63) is 48.6 Å². The number of unbranched alkanes of at least 4 members (excludes halogenated alkanes) is 34. The minimum atomic E-state index is -0.764. The second kappa shape index (κ2) is 56.0. The number of carbonyl (C=O) groups excluding carboxylic acids is 3. The second-order valence-electron chi connectivity index (χ2n) is 19.5. The van der Waals surface area contributed by atoms with Crippen molar-refractivity contribution < 1.29 is 28.6 Å². The first-order valence-corrected chi connectivity index (χ1v) is 29.1. The SMILES string of the molecule is CC/C=C\C/C=C\C/C=C\C/C=C\CCCCCCCCCCCCCCCCCCCCC(=O)OCC(COC(=O)CCCCCCCCCC)OC(=O)CCCCCCCCCCCC. The maximum atomic E-state index is 12.7. The minimum absolute atomic E-state index is 0.0672. The van der Waals surface area contributed by atoms with Crippen LogP contribution in [-0.2, 0) is 28.6 Å². The number of allylic oxidation sites excluding steroid dienone is 8. The molecule has 0 rings (SSSR count). The lowest BCUT2D eigenvalue weighted by Crippen LogP contribution is -2.30. The van der Waals surface area contributed by atoms with Crippen LogP contribution in [0.2, 0.25) is 0 Å². The molecule has 0 aromatic heterocycles. The second-order valence-corrected chi connectivity index (χ2v) is 19.5. The number of hydrogen-bond acceptors (Lipinski definition) is 6. The van der Waals surface area contributed by atoms with Gasteiger partial charge in [0.05, 0.1) is 0 Å². The Morgan fingerprint density at radius 1 is 0.313 bits per heavy atom. The third kappa shape index (κ3) is 54.2. The van der Waals surface area contributed by atoms with E-state index in [0.717, 1.165) is 83.5 Å². The van der Waals surface area contributed by atoms with Crippen molar-refractivity contribution in [2.75, 3.05) is 13.2 Å². The van der Waals surface area contributed by atoms with Crippen LogP contribution < -0.4 is 0 Å². The van der Waals surface area contributed by atoms with Gasteiger partial charge in [0, 0.05) is 19.3 Å². The molecule has 0 aliphatic rings. The zero-order valence-corrected chi connectivity index (χ0v) is 44.7. The van der Waals surface area contributed by atoms with Gasteiger partial charge in [0.25, 0.3) is 0 Å². The van der Waals surface area contributed by atoms with Crippen LogP contribution in [-0.4, -0.2) is 37.2 Å². The smallest absolute Gasteiger partial charge is 0.306 e. The van der Waals surface area contributed by atoms with E-state index in [4.69, 9.17) is 14.2 Å². The number of hydrogen-bond donors (Lipinski definition) is 0. The van der Waals surface area contributed by atoms with Gasteiger partial charge in [-0.05, 0) is 57.8 Å². The lowest BCUT2D eigenvalue weighted by Gasteiger charge is -2.18. The van der Waals surface area contributed by atoms with Gasteiger partial charge in [0.1, 0.15) is 13.2 Å². The topological polar surface area (TPSA) is 78.9 Å². The van der Waals surface area contributed by atoms with Gasteiger partial charge in [-0.15, -0.1) is 0 Å². The van der Waals surface area contributed by atoms with Crippen LogP contribution >= 0.6 is 0 Å². The van der Waals surface area contributed by atoms with Gasteiger partial charge in [0.2, 0.25) is 0 Å². The molecular formula is C61H110O6. The normalized spacial score (nSPS) is 12.3. The Bertz CT molecular complexity index is 1170. The van der Waals surface area contributed by atoms with E-state index in [2.05, 4.69) is 69.4 Å². The molecule has 0 spiro atoms. The van der Waals surface area contributed by atoms with Crippen molar-refractivity contribution in [3.63, 3.8) is 0 Å². The third-order valence-electron chi connectivity index (χ3n) is 12.8. The Morgan fingerprint density at radius 3 is 0.910 bits per heavy atom. The van der Waals surface area contributed by atoms with Gasteiger partial charge >= 0.3 is 17.9 Å². The molecule has 0 aliphatic carbocycles. The lowest BCUT2D eigenvalue weighted by molar-refractivity contribution is -0.167. The highest BCUT2D eigenvalue weighted by Gasteiger charge is 2.19. The number of rotatable bonds is 53. The summed E-state index contributed by atoms with van der Waals surface area (Å²) in [4.78, 5) is 37.8. The Balaban J connectivity index is 3.96. The highest BCUT2D eigenvalue weighted by atomic mass is 16.6. The molecule has 0 bridgehead atoms. The predicted octanol–water partition coefficient (Wildman–Crippen LogP) is 19.4. The first kappa shape index (κ1) is 64.4. The summed E-state index contributed by atoms with van der Waals surface area (Å²) in [6, 6.07) is 0. The van der Waals surface area contributed by atoms with Crippen LogP contribution in [0.3, 0.4) is 0 Å². The fourth-order valence-electron chi connectivity index (χ4n) is 8.49. The van der Waals surface area contributed by atoms with Crippen LogP contribution in [0.25, 0.3) is 0 Å². The fraction of sp³-hybridized carbons (Fsp3) is 0.820. The summed E-state index contributed by atoms with van der Waals surface area (Å²) in [5.41, 5.74) is 0. The molecule has 1 unspecified atom stereocenters. The van der Waals surface area contributed by atoms with E-state index in [1.54, 1.807) is 0 Å². The van der Waals surface area contributed by atoms with Gasteiger partial charge in [0.15, 0.2) is 6.10 Å². The average Bonchev–Trinajstić information content (AvgIpc) is 3.33. The van der Waals surface area contributed by atoms with Gasteiger partial charge < -0.3 is 14.2 Å². The van der Waals surface area contributed by atoms with Crippen LogP contribution in [0, 0.1) is 0 Å². The molecule has 0 fully saturated rings. The van der Waals surface area contributed by atoms with E-state index in [1.165, 1.54) is 180 Å². The summed E-state index contributed by atoms with van der Waals surface area (Å²) in [7, 11) is 0. The van der Waals surface area contributed by atoms with Crippen LogP contribution in [0.5, 0.6) is 0 Å². The quantitative estimate of drug-likeness (QED) is 0.0262. The summed E-state index contributed by atoms with van der Waals surface area (Å²) in [6.07, 6.45) is 68.6. The molecule has 0 aromatic carbocycles. The number of carbonyl (C=O) groups is 3. The largest absolute Gasteiger partial charge is 0.462 e.